The number of H-pyrrole nitrogens is 1. The van der Waals surface area contributed by atoms with Gasteiger partial charge in [0.25, 0.3) is 11.5 Å². The summed E-state index contributed by atoms with van der Waals surface area (Å²) >= 11 is 0. The smallest absolute Gasteiger partial charge is 0.253 e. The summed E-state index contributed by atoms with van der Waals surface area (Å²) in [6.45, 7) is 11.6. The number of carbonyl (C=O) groups is 1. The molecule has 0 radical (unpaired) electrons. The molecule has 1 amide bonds. The largest absolute Gasteiger partial charge is 0.384 e. The standard InChI is InChI=1S/C36H46N4O3/c1-5-40(28-11-15-43-16-12-28)33-20-27(26-9-10-31-32(19-26)38-22-36(31)13-7-6-8-14-36)18-29(25(33)4)34(41)37-21-30-23(2)17-24(3)39-35(30)42/h9-10,17-20,28,38H,5-8,11-16,21-22H2,1-4H3,(H,37,41)(H,39,42). The third-order valence-corrected chi connectivity index (χ3v) is 10.2. The lowest BCUT2D eigenvalue weighted by atomic mass is 9.70. The SMILES string of the molecule is CCN(c1cc(-c2ccc3c(c2)NCC32CCCCC2)cc(C(=O)NCc2c(C)cc(C)[nH]c2=O)c1C)C1CCOCC1. The van der Waals surface area contributed by atoms with Crippen LogP contribution < -0.4 is 21.1 Å². The molecule has 7 heteroatoms. The average Bonchev–Trinajstić information content (AvgIpc) is 3.35. The van der Waals surface area contributed by atoms with E-state index in [4.69, 9.17) is 4.74 Å². The van der Waals surface area contributed by atoms with Gasteiger partial charge < -0.3 is 25.3 Å². The van der Waals surface area contributed by atoms with Crippen LogP contribution in [0.25, 0.3) is 11.1 Å². The van der Waals surface area contributed by atoms with Gasteiger partial charge in [0.05, 0.1) is 0 Å². The molecular formula is C36H46N4O3. The molecule has 2 aliphatic heterocycles. The van der Waals surface area contributed by atoms with E-state index in [0.29, 0.717) is 17.2 Å². The number of anilines is 2. The Labute approximate surface area is 255 Å². The summed E-state index contributed by atoms with van der Waals surface area (Å²) in [5.74, 6) is -0.163. The molecule has 0 unspecified atom stereocenters. The van der Waals surface area contributed by atoms with Crippen LogP contribution in [0.1, 0.15) is 90.2 Å². The molecule has 3 N–H and O–H groups in total. The van der Waals surface area contributed by atoms with Gasteiger partial charge in [-0.3, -0.25) is 9.59 Å². The maximum atomic E-state index is 13.9. The molecule has 3 aliphatic rings. The first kappa shape index (κ1) is 29.5. The summed E-state index contributed by atoms with van der Waals surface area (Å²) in [4.78, 5) is 31.8. The van der Waals surface area contributed by atoms with E-state index in [2.05, 4.69) is 58.6 Å². The highest BCUT2D eigenvalue weighted by molar-refractivity contribution is 5.99. The number of carbonyl (C=O) groups excluding carboxylic acids is 1. The summed E-state index contributed by atoms with van der Waals surface area (Å²) in [5.41, 5.74) is 9.95. The van der Waals surface area contributed by atoms with Crippen molar-refractivity contribution in [1.82, 2.24) is 10.3 Å². The van der Waals surface area contributed by atoms with Crippen molar-refractivity contribution in [3.05, 3.63) is 80.3 Å². The molecule has 1 aromatic heterocycles. The van der Waals surface area contributed by atoms with Gasteiger partial charge in [-0.2, -0.15) is 0 Å². The molecule has 3 heterocycles. The monoisotopic (exact) mass is 582 g/mol. The number of nitrogens with one attached hydrogen (secondary N) is 3. The maximum Gasteiger partial charge on any atom is 0.253 e. The zero-order valence-electron chi connectivity index (χ0n) is 26.2. The van der Waals surface area contributed by atoms with Crippen LogP contribution in [-0.2, 0) is 16.7 Å². The Morgan fingerprint density at radius 3 is 2.51 bits per heavy atom. The lowest BCUT2D eigenvalue weighted by molar-refractivity contribution is 0.0846. The number of ether oxygens (including phenoxy) is 1. The highest BCUT2D eigenvalue weighted by Crippen LogP contribution is 2.47. The van der Waals surface area contributed by atoms with Crippen molar-refractivity contribution >= 4 is 17.3 Å². The Hall–Kier alpha value is -3.58. The molecule has 1 saturated heterocycles. The van der Waals surface area contributed by atoms with Crippen LogP contribution in [0.4, 0.5) is 11.4 Å². The molecular weight excluding hydrogens is 536 g/mol. The molecule has 7 nitrogen and oxygen atoms in total. The van der Waals surface area contributed by atoms with E-state index in [9.17, 15) is 9.59 Å². The van der Waals surface area contributed by atoms with Gasteiger partial charge >= 0.3 is 0 Å². The van der Waals surface area contributed by atoms with Crippen LogP contribution in [0.15, 0.2) is 41.2 Å². The van der Waals surface area contributed by atoms with E-state index < -0.39 is 0 Å². The van der Waals surface area contributed by atoms with Crippen LogP contribution in [0.3, 0.4) is 0 Å². The van der Waals surface area contributed by atoms with Crippen molar-refractivity contribution in [2.75, 3.05) is 36.5 Å². The highest BCUT2D eigenvalue weighted by atomic mass is 16.5. The second-order valence-electron chi connectivity index (χ2n) is 12.9. The van der Waals surface area contributed by atoms with Gasteiger partial charge in [-0.15, -0.1) is 0 Å². The molecule has 2 fully saturated rings. The van der Waals surface area contributed by atoms with E-state index in [-0.39, 0.29) is 23.4 Å². The van der Waals surface area contributed by atoms with Crippen LogP contribution in [0, 0.1) is 20.8 Å². The molecule has 1 saturated carbocycles. The molecule has 228 valence electrons. The molecule has 43 heavy (non-hydrogen) atoms. The number of nitrogens with zero attached hydrogens (tertiary/aromatic N) is 1. The Balaban J connectivity index is 1.38. The fraction of sp³-hybridized carbons (Fsp3) is 0.500. The van der Waals surface area contributed by atoms with Crippen LogP contribution in [-0.4, -0.2) is 43.2 Å². The number of aryl methyl sites for hydroxylation is 2. The quantitative estimate of drug-likeness (QED) is 0.295. The van der Waals surface area contributed by atoms with E-state index in [1.807, 2.05) is 26.0 Å². The summed E-state index contributed by atoms with van der Waals surface area (Å²) < 4.78 is 5.68. The van der Waals surface area contributed by atoms with E-state index >= 15 is 0 Å². The van der Waals surface area contributed by atoms with E-state index in [0.717, 1.165) is 72.8 Å². The highest BCUT2D eigenvalue weighted by Gasteiger charge is 2.39. The van der Waals surface area contributed by atoms with Crippen molar-refractivity contribution in [1.29, 1.82) is 0 Å². The molecule has 0 bridgehead atoms. The predicted octanol–water partition coefficient (Wildman–Crippen LogP) is 6.53. The lowest BCUT2D eigenvalue weighted by Gasteiger charge is -2.37. The molecule has 6 rings (SSSR count). The number of rotatable bonds is 7. The molecule has 0 atom stereocenters. The third-order valence-electron chi connectivity index (χ3n) is 10.2. The number of benzene rings is 2. The Morgan fingerprint density at radius 2 is 1.79 bits per heavy atom. The van der Waals surface area contributed by atoms with E-state index in [1.54, 1.807) is 0 Å². The minimum Gasteiger partial charge on any atom is -0.384 e. The van der Waals surface area contributed by atoms with Gasteiger partial charge in [-0.25, -0.2) is 0 Å². The fourth-order valence-corrected chi connectivity index (χ4v) is 7.75. The van der Waals surface area contributed by atoms with Gasteiger partial charge in [0, 0.05) is 72.5 Å². The normalized spacial score (nSPS) is 17.9. The Morgan fingerprint density at radius 1 is 1.02 bits per heavy atom. The first-order valence-corrected chi connectivity index (χ1v) is 16.1. The minimum absolute atomic E-state index is 0.151. The van der Waals surface area contributed by atoms with Crippen molar-refractivity contribution in [3.8, 4) is 11.1 Å². The molecule has 2 aromatic carbocycles. The lowest BCUT2D eigenvalue weighted by Crippen LogP contribution is -2.40. The van der Waals surface area contributed by atoms with Gasteiger partial charge in [-0.05, 0) is 105 Å². The Kier molecular flexibility index (Phi) is 8.36. The topological polar surface area (TPSA) is 86.5 Å². The zero-order chi connectivity index (χ0) is 30.1. The summed E-state index contributed by atoms with van der Waals surface area (Å²) in [6.07, 6.45) is 8.39. The first-order valence-electron chi connectivity index (χ1n) is 16.1. The van der Waals surface area contributed by atoms with Crippen molar-refractivity contribution in [3.63, 3.8) is 0 Å². The maximum absolute atomic E-state index is 13.9. The van der Waals surface area contributed by atoms with Crippen molar-refractivity contribution < 1.29 is 9.53 Å². The predicted molar refractivity (Wildman–Crippen MR) is 174 cm³/mol. The Bertz CT molecular complexity index is 1560. The first-order chi connectivity index (χ1) is 20.8. The summed E-state index contributed by atoms with van der Waals surface area (Å²) in [6, 6.07) is 13.5. The number of hydrogen-bond acceptors (Lipinski definition) is 5. The third kappa shape index (κ3) is 5.72. The number of amides is 1. The van der Waals surface area contributed by atoms with Gasteiger partial charge in [0.15, 0.2) is 0 Å². The van der Waals surface area contributed by atoms with Gasteiger partial charge in [0.1, 0.15) is 0 Å². The van der Waals surface area contributed by atoms with Crippen molar-refractivity contribution in [2.45, 2.75) is 90.6 Å². The number of pyridine rings is 1. The van der Waals surface area contributed by atoms with Crippen molar-refractivity contribution in [2.24, 2.45) is 0 Å². The number of fused-ring (bicyclic) bond motifs is 2. The van der Waals surface area contributed by atoms with Crippen LogP contribution in [0.5, 0.6) is 0 Å². The summed E-state index contributed by atoms with van der Waals surface area (Å²) in [5, 5.41) is 6.81. The molecule has 3 aromatic rings. The van der Waals surface area contributed by atoms with Gasteiger partial charge in [0.2, 0.25) is 0 Å². The van der Waals surface area contributed by atoms with E-state index in [1.165, 1.54) is 43.4 Å². The zero-order valence-corrected chi connectivity index (χ0v) is 26.2. The molecule has 1 spiro atoms. The second kappa shape index (κ2) is 12.2. The average molecular weight is 583 g/mol. The van der Waals surface area contributed by atoms with Crippen LogP contribution >= 0.6 is 0 Å². The fourth-order valence-electron chi connectivity index (χ4n) is 7.75. The number of aromatic amines is 1. The second-order valence-corrected chi connectivity index (χ2v) is 12.9. The number of hydrogen-bond donors (Lipinski definition) is 3. The summed E-state index contributed by atoms with van der Waals surface area (Å²) in [7, 11) is 0. The van der Waals surface area contributed by atoms with Crippen LogP contribution in [0.2, 0.25) is 0 Å². The minimum atomic E-state index is -0.163. The van der Waals surface area contributed by atoms with Gasteiger partial charge in [-0.1, -0.05) is 31.4 Å². The number of aromatic nitrogens is 1. The molecule has 1 aliphatic carbocycles.